The Kier molecular flexibility index (Phi) is 7.06. The highest BCUT2D eigenvalue weighted by molar-refractivity contribution is 6.09. The van der Waals surface area contributed by atoms with E-state index in [4.69, 9.17) is 4.74 Å². The highest BCUT2D eigenvalue weighted by Crippen LogP contribution is 2.25. The van der Waals surface area contributed by atoms with E-state index in [9.17, 15) is 14.4 Å². The summed E-state index contributed by atoms with van der Waals surface area (Å²) in [5.41, 5.74) is 2.17. The summed E-state index contributed by atoms with van der Waals surface area (Å²) >= 11 is 0. The number of nitrogens with zero attached hydrogens (tertiary/aromatic N) is 2. The van der Waals surface area contributed by atoms with Gasteiger partial charge in [-0.15, -0.1) is 0 Å². The van der Waals surface area contributed by atoms with Crippen molar-refractivity contribution in [2.45, 2.75) is 6.92 Å². The maximum Gasteiger partial charge on any atom is 0.354 e. The molecule has 3 amide bonds. The normalized spacial score (nSPS) is 10.2. The number of nitrogens with one attached hydrogen (secondary N) is 4. The predicted molar refractivity (Wildman–Crippen MR) is 121 cm³/mol. The van der Waals surface area contributed by atoms with Crippen LogP contribution in [0, 0.1) is 0 Å². The number of para-hydroxylation sites is 1. The van der Waals surface area contributed by atoms with Crippen LogP contribution in [0.5, 0.6) is 0 Å². The summed E-state index contributed by atoms with van der Waals surface area (Å²) in [6, 6.07) is 12.0. The van der Waals surface area contributed by atoms with Gasteiger partial charge in [0.05, 0.1) is 24.0 Å². The lowest BCUT2D eigenvalue weighted by molar-refractivity contribution is 0.0589. The van der Waals surface area contributed by atoms with Crippen molar-refractivity contribution in [2.24, 2.45) is 7.05 Å². The van der Waals surface area contributed by atoms with Crippen LogP contribution < -0.4 is 21.3 Å². The zero-order valence-corrected chi connectivity index (χ0v) is 17.9. The number of urea groups is 1. The number of ether oxygens (including phenoxy) is 1. The second kappa shape index (κ2) is 10.1. The van der Waals surface area contributed by atoms with Crippen LogP contribution in [0.2, 0.25) is 0 Å². The summed E-state index contributed by atoms with van der Waals surface area (Å²) in [5.74, 6) is -0.678. The molecule has 10 heteroatoms. The second-order valence-electron chi connectivity index (χ2n) is 6.76. The van der Waals surface area contributed by atoms with Crippen molar-refractivity contribution in [3.8, 4) is 0 Å². The number of amides is 3. The van der Waals surface area contributed by atoms with Crippen LogP contribution in [0.1, 0.15) is 27.8 Å². The van der Waals surface area contributed by atoms with Crippen molar-refractivity contribution >= 4 is 40.8 Å². The van der Waals surface area contributed by atoms with Gasteiger partial charge < -0.3 is 25.3 Å². The van der Waals surface area contributed by atoms with E-state index in [-0.39, 0.29) is 11.4 Å². The third-order valence-corrected chi connectivity index (χ3v) is 4.44. The summed E-state index contributed by atoms with van der Waals surface area (Å²) in [4.78, 5) is 40.9. The fourth-order valence-corrected chi connectivity index (χ4v) is 2.94. The van der Waals surface area contributed by atoms with Crippen molar-refractivity contribution in [3.63, 3.8) is 0 Å². The fraction of sp³-hybridized carbons (Fsp3) is 0.182. The molecule has 0 aliphatic rings. The topological polar surface area (TPSA) is 126 Å². The summed E-state index contributed by atoms with van der Waals surface area (Å²) in [6.07, 6.45) is 2.97. The molecule has 0 fully saturated rings. The molecule has 3 rings (SSSR count). The van der Waals surface area contributed by atoms with Crippen LogP contribution in [0.25, 0.3) is 0 Å². The fourth-order valence-electron chi connectivity index (χ4n) is 2.94. The first-order chi connectivity index (χ1) is 15.4. The number of methoxy groups -OCH3 is 1. The summed E-state index contributed by atoms with van der Waals surface area (Å²) in [6.45, 7) is 2.27. The Morgan fingerprint density at radius 3 is 2.50 bits per heavy atom. The number of hydrogen-bond donors (Lipinski definition) is 4. The number of carbonyl (C=O) groups is 3. The van der Waals surface area contributed by atoms with Crippen molar-refractivity contribution in [1.82, 2.24) is 14.9 Å². The van der Waals surface area contributed by atoms with Gasteiger partial charge in [-0.3, -0.25) is 10.1 Å². The minimum atomic E-state index is -0.512. The molecule has 166 valence electrons. The van der Waals surface area contributed by atoms with E-state index < -0.39 is 17.9 Å². The molecule has 0 saturated carbocycles. The number of carbonyl (C=O) groups excluding carboxylic acids is 3. The van der Waals surface area contributed by atoms with Crippen LogP contribution in [0.15, 0.2) is 54.9 Å². The monoisotopic (exact) mass is 436 g/mol. The van der Waals surface area contributed by atoms with Crippen molar-refractivity contribution in [3.05, 3.63) is 66.1 Å². The molecule has 0 bridgehead atoms. The van der Waals surface area contributed by atoms with Crippen LogP contribution in [0.4, 0.5) is 27.7 Å². The SMILES string of the molecule is CCNC(=O)Nc1cc(Nc2ccccc2)c(C(=O)Nc2cc(C(=O)OC)n(C)c2)cn1. The molecule has 32 heavy (non-hydrogen) atoms. The molecule has 1 aromatic carbocycles. The van der Waals surface area contributed by atoms with Gasteiger partial charge in [0.1, 0.15) is 11.5 Å². The Hall–Kier alpha value is -4.34. The Labute approximate surface area is 185 Å². The summed E-state index contributed by atoms with van der Waals surface area (Å²) in [5, 5.41) is 11.2. The average Bonchev–Trinajstić information content (AvgIpc) is 3.14. The standard InChI is InChI=1S/C22H24N6O4/c1-4-23-22(31)27-19-11-17(25-14-8-6-5-7-9-14)16(12-24-19)20(29)26-15-10-18(21(30)32-3)28(2)13-15/h5-13H,4H2,1-3H3,(H,26,29)(H3,23,24,25,27,31). The lowest BCUT2D eigenvalue weighted by Gasteiger charge is -2.14. The van der Waals surface area contributed by atoms with E-state index in [2.05, 4.69) is 26.3 Å². The molecular formula is C22H24N6O4. The van der Waals surface area contributed by atoms with E-state index in [1.807, 2.05) is 30.3 Å². The smallest absolute Gasteiger partial charge is 0.354 e. The van der Waals surface area contributed by atoms with Crippen LogP contribution in [0.3, 0.4) is 0 Å². The maximum absolute atomic E-state index is 13.0. The molecule has 0 unspecified atom stereocenters. The Balaban J connectivity index is 1.88. The molecule has 2 aromatic heterocycles. The van der Waals surface area contributed by atoms with Crippen LogP contribution in [-0.4, -0.2) is 41.1 Å². The highest BCUT2D eigenvalue weighted by Gasteiger charge is 2.18. The Bertz CT molecular complexity index is 1130. The number of rotatable bonds is 7. The molecule has 0 aliphatic carbocycles. The summed E-state index contributed by atoms with van der Waals surface area (Å²) in [7, 11) is 2.96. The molecule has 0 radical (unpaired) electrons. The number of benzene rings is 1. The number of aromatic nitrogens is 2. The van der Waals surface area contributed by atoms with Crippen molar-refractivity contribution in [2.75, 3.05) is 29.6 Å². The van der Waals surface area contributed by atoms with Gasteiger partial charge in [-0.25, -0.2) is 14.6 Å². The summed E-state index contributed by atoms with van der Waals surface area (Å²) < 4.78 is 6.29. The predicted octanol–water partition coefficient (Wildman–Crippen LogP) is 3.34. The van der Waals surface area contributed by atoms with Gasteiger partial charge in [-0.1, -0.05) is 18.2 Å². The van der Waals surface area contributed by atoms with Crippen molar-refractivity contribution < 1.29 is 19.1 Å². The molecule has 0 spiro atoms. The minimum absolute atomic E-state index is 0.249. The van der Waals surface area contributed by atoms with Gasteiger partial charge in [0, 0.05) is 37.7 Å². The molecule has 0 aliphatic heterocycles. The lowest BCUT2D eigenvalue weighted by Crippen LogP contribution is -2.28. The third-order valence-electron chi connectivity index (χ3n) is 4.44. The molecule has 0 saturated heterocycles. The van der Waals surface area contributed by atoms with Gasteiger partial charge in [-0.05, 0) is 25.1 Å². The van der Waals surface area contributed by atoms with Gasteiger partial charge in [0.15, 0.2) is 0 Å². The highest BCUT2D eigenvalue weighted by atomic mass is 16.5. The first kappa shape index (κ1) is 22.3. The van der Waals surface area contributed by atoms with Gasteiger partial charge in [0.2, 0.25) is 0 Å². The quantitative estimate of drug-likeness (QED) is 0.421. The molecule has 0 atom stereocenters. The van der Waals surface area contributed by atoms with Crippen molar-refractivity contribution in [1.29, 1.82) is 0 Å². The number of hydrogen-bond acceptors (Lipinski definition) is 6. The van der Waals surface area contributed by atoms with E-state index in [1.165, 1.54) is 19.4 Å². The first-order valence-corrected chi connectivity index (χ1v) is 9.84. The lowest BCUT2D eigenvalue weighted by atomic mass is 10.2. The number of pyridine rings is 1. The second-order valence-corrected chi connectivity index (χ2v) is 6.76. The van der Waals surface area contributed by atoms with Gasteiger partial charge >= 0.3 is 12.0 Å². The molecule has 3 aromatic rings. The molecular weight excluding hydrogens is 412 g/mol. The molecule has 10 nitrogen and oxygen atoms in total. The number of esters is 1. The first-order valence-electron chi connectivity index (χ1n) is 9.84. The van der Waals surface area contributed by atoms with E-state index in [1.54, 1.807) is 30.8 Å². The Morgan fingerprint density at radius 1 is 1.06 bits per heavy atom. The van der Waals surface area contributed by atoms with Gasteiger partial charge in [0.25, 0.3) is 5.91 Å². The van der Waals surface area contributed by atoms with Crippen LogP contribution >= 0.6 is 0 Å². The van der Waals surface area contributed by atoms with Gasteiger partial charge in [-0.2, -0.15) is 0 Å². The zero-order valence-electron chi connectivity index (χ0n) is 17.9. The average molecular weight is 436 g/mol. The molecule has 4 N–H and O–H groups in total. The maximum atomic E-state index is 13.0. The molecule has 2 heterocycles. The minimum Gasteiger partial charge on any atom is -0.464 e. The number of aryl methyl sites for hydroxylation is 1. The zero-order chi connectivity index (χ0) is 23.1. The largest absolute Gasteiger partial charge is 0.464 e. The van der Waals surface area contributed by atoms with E-state index >= 15 is 0 Å². The van der Waals surface area contributed by atoms with E-state index in [0.717, 1.165) is 5.69 Å². The Morgan fingerprint density at radius 2 is 1.81 bits per heavy atom. The van der Waals surface area contributed by atoms with E-state index in [0.29, 0.717) is 23.6 Å². The van der Waals surface area contributed by atoms with Crippen LogP contribution in [-0.2, 0) is 11.8 Å². The third kappa shape index (κ3) is 5.42. The number of anilines is 4.